The first-order valence-electron chi connectivity index (χ1n) is 5.47. The van der Waals surface area contributed by atoms with Gasteiger partial charge in [0.15, 0.2) is 11.6 Å². The first-order chi connectivity index (χ1) is 7.95. The second-order valence-electron chi connectivity index (χ2n) is 4.01. The lowest BCUT2D eigenvalue weighted by atomic mass is 10.0. The molecule has 1 aromatic rings. The molecular formula is C13H17ClFNO. The molecule has 0 amide bonds. The fourth-order valence-corrected chi connectivity index (χ4v) is 1.84. The average Bonchev–Trinajstić information content (AvgIpc) is 2.22. The summed E-state index contributed by atoms with van der Waals surface area (Å²) in [7, 11) is 0. The van der Waals surface area contributed by atoms with E-state index in [1.165, 1.54) is 6.07 Å². The zero-order chi connectivity index (χ0) is 13.0. The molecule has 1 atom stereocenters. The topological polar surface area (TPSA) is 35.2 Å². The number of hydrogen-bond donors (Lipinski definition) is 1. The minimum Gasteiger partial charge on any atom is -0.489 e. The van der Waals surface area contributed by atoms with E-state index in [0.29, 0.717) is 18.6 Å². The van der Waals surface area contributed by atoms with Gasteiger partial charge in [-0.25, -0.2) is 4.39 Å². The Bertz CT molecular complexity index is 397. The molecule has 1 aromatic carbocycles. The second-order valence-corrected chi connectivity index (χ2v) is 4.42. The van der Waals surface area contributed by atoms with Crippen molar-refractivity contribution in [2.75, 3.05) is 6.61 Å². The molecule has 94 valence electrons. The van der Waals surface area contributed by atoms with Crippen LogP contribution in [-0.2, 0) is 0 Å². The van der Waals surface area contributed by atoms with Crippen LogP contribution in [0.1, 0.15) is 31.9 Å². The molecule has 0 aliphatic carbocycles. The fraction of sp³-hybridized carbons (Fsp3) is 0.385. The highest BCUT2D eigenvalue weighted by Crippen LogP contribution is 2.32. The van der Waals surface area contributed by atoms with Crippen molar-refractivity contribution in [3.8, 4) is 5.75 Å². The summed E-state index contributed by atoms with van der Waals surface area (Å²) in [5.74, 6) is -0.396. The Morgan fingerprint density at radius 3 is 2.71 bits per heavy atom. The molecule has 0 saturated heterocycles. The predicted molar refractivity (Wildman–Crippen MR) is 68.9 cm³/mol. The van der Waals surface area contributed by atoms with Crippen LogP contribution in [0.2, 0.25) is 5.02 Å². The van der Waals surface area contributed by atoms with Gasteiger partial charge in [0.05, 0.1) is 11.6 Å². The third-order valence-corrected chi connectivity index (χ3v) is 2.59. The summed E-state index contributed by atoms with van der Waals surface area (Å²) in [6.45, 7) is 7.81. The van der Waals surface area contributed by atoms with Crippen LogP contribution in [0.3, 0.4) is 0 Å². The molecule has 4 heteroatoms. The van der Waals surface area contributed by atoms with Crippen molar-refractivity contribution >= 4 is 11.6 Å². The first-order valence-corrected chi connectivity index (χ1v) is 5.85. The van der Waals surface area contributed by atoms with Crippen molar-refractivity contribution in [1.29, 1.82) is 0 Å². The van der Waals surface area contributed by atoms with Gasteiger partial charge in [0.1, 0.15) is 0 Å². The molecule has 0 saturated carbocycles. The quantitative estimate of drug-likeness (QED) is 0.814. The van der Waals surface area contributed by atoms with Crippen molar-refractivity contribution in [1.82, 2.24) is 0 Å². The normalized spacial score (nSPS) is 12.3. The van der Waals surface area contributed by atoms with Crippen molar-refractivity contribution in [2.45, 2.75) is 26.3 Å². The van der Waals surface area contributed by atoms with Gasteiger partial charge < -0.3 is 10.5 Å². The van der Waals surface area contributed by atoms with Crippen LogP contribution in [0.5, 0.6) is 5.75 Å². The van der Waals surface area contributed by atoms with E-state index in [-0.39, 0.29) is 16.8 Å². The number of ether oxygens (including phenoxy) is 1. The number of benzene rings is 1. The molecule has 0 bridgehead atoms. The number of nitrogens with two attached hydrogens (primary N) is 1. The molecule has 2 nitrogen and oxygen atoms in total. The molecule has 0 heterocycles. The Kier molecular flexibility index (Phi) is 4.97. The molecule has 0 aromatic heterocycles. The number of hydrogen-bond acceptors (Lipinski definition) is 2. The lowest BCUT2D eigenvalue weighted by molar-refractivity contribution is 0.321. The van der Waals surface area contributed by atoms with Gasteiger partial charge in [-0.1, -0.05) is 17.2 Å². The lowest BCUT2D eigenvalue weighted by Crippen LogP contribution is -2.11. The van der Waals surface area contributed by atoms with E-state index in [0.717, 1.165) is 5.57 Å². The Balaban J connectivity index is 3.00. The third-order valence-electron chi connectivity index (χ3n) is 2.31. The van der Waals surface area contributed by atoms with E-state index >= 15 is 0 Å². The zero-order valence-corrected chi connectivity index (χ0v) is 10.9. The second kappa shape index (κ2) is 6.03. The maximum absolute atomic E-state index is 13.7. The summed E-state index contributed by atoms with van der Waals surface area (Å²) in [5, 5.41) is 0.249. The van der Waals surface area contributed by atoms with Crippen LogP contribution in [0.25, 0.3) is 0 Å². The Morgan fingerprint density at radius 1 is 1.59 bits per heavy atom. The van der Waals surface area contributed by atoms with Gasteiger partial charge in [0.2, 0.25) is 0 Å². The highest BCUT2D eigenvalue weighted by molar-refractivity contribution is 6.32. The van der Waals surface area contributed by atoms with E-state index in [4.69, 9.17) is 22.1 Å². The summed E-state index contributed by atoms with van der Waals surface area (Å²) >= 11 is 5.95. The van der Waals surface area contributed by atoms with E-state index < -0.39 is 5.82 Å². The number of rotatable bonds is 5. The van der Waals surface area contributed by atoms with Gasteiger partial charge in [-0.2, -0.15) is 0 Å². The third kappa shape index (κ3) is 3.72. The van der Waals surface area contributed by atoms with Gasteiger partial charge in [0, 0.05) is 6.04 Å². The smallest absolute Gasteiger partial charge is 0.173 e. The molecule has 17 heavy (non-hydrogen) atoms. The van der Waals surface area contributed by atoms with Crippen molar-refractivity contribution in [3.05, 3.63) is 40.7 Å². The summed E-state index contributed by atoms with van der Waals surface area (Å²) in [6, 6.07) is 2.71. The molecule has 0 aliphatic heterocycles. The Hall–Kier alpha value is -1.06. The van der Waals surface area contributed by atoms with Crippen molar-refractivity contribution in [3.63, 3.8) is 0 Å². The maximum Gasteiger partial charge on any atom is 0.173 e. The van der Waals surface area contributed by atoms with Crippen LogP contribution < -0.4 is 10.5 Å². The summed E-state index contributed by atoms with van der Waals surface area (Å²) < 4.78 is 18.8. The molecule has 0 spiro atoms. The summed E-state index contributed by atoms with van der Waals surface area (Å²) in [4.78, 5) is 0. The minimum absolute atomic E-state index is 0.0837. The van der Waals surface area contributed by atoms with Crippen LogP contribution in [0.4, 0.5) is 4.39 Å². The van der Waals surface area contributed by atoms with Crippen LogP contribution in [0, 0.1) is 5.82 Å². The molecule has 0 aliphatic rings. The molecule has 0 fully saturated rings. The zero-order valence-electron chi connectivity index (χ0n) is 10.1. The van der Waals surface area contributed by atoms with Crippen molar-refractivity contribution < 1.29 is 9.13 Å². The molecule has 1 rings (SSSR count). The standard InChI is InChI=1S/C13H17ClFNO/c1-4-17-13-10(14)6-9(7-11(13)15)12(16)5-8(2)3/h6-7,12H,2,4-5,16H2,1,3H3/t12-/m1/s1. The van der Waals surface area contributed by atoms with E-state index in [2.05, 4.69) is 6.58 Å². The van der Waals surface area contributed by atoms with E-state index in [9.17, 15) is 4.39 Å². The van der Waals surface area contributed by atoms with Crippen LogP contribution in [-0.4, -0.2) is 6.61 Å². The minimum atomic E-state index is -0.480. The van der Waals surface area contributed by atoms with E-state index in [1.54, 1.807) is 13.0 Å². The van der Waals surface area contributed by atoms with Gasteiger partial charge in [-0.05, 0) is 38.0 Å². The van der Waals surface area contributed by atoms with E-state index in [1.807, 2.05) is 6.92 Å². The van der Waals surface area contributed by atoms with Gasteiger partial charge >= 0.3 is 0 Å². The van der Waals surface area contributed by atoms with Crippen molar-refractivity contribution in [2.24, 2.45) is 5.73 Å². The van der Waals surface area contributed by atoms with Gasteiger partial charge in [-0.15, -0.1) is 6.58 Å². The largest absolute Gasteiger partial charge is 0.489 e. The lowest BCUT2D eigenvalue weighted by Gasteiger charge is -2.14. The first kappa shape index (κ1) is 14.0. The fourth-order valence-electron chi connectivity index (χ4n) is 1.57. The SMILES string of the molecule is C=C(C)C[C@@H](N)c1cc(F)c(OCC)c(Cl)c1. The highest BCUT2D eigenvalue weighted by Gasteiger charge is 2.14. The summed E-state index contributed by atoms with van der Waals surface area (Å²) in [6.07, 6.45) is 0.601. The average molecular weight is 258 g/mol. The van der Waals surface area contributed by atoms with Crippen LogP contribution >= 0.6 is 11.6 Å². The summed E-state index contributed by atoms with van der Waals surface area (Å²) in [5.41, 5.74) is 7.53. The molecular weight excluding hydrogens is 241 g/mol. The molecule has 0 radical (unpaired) electrons. The Morgan fingerprint density at radius 2 is 2.24 bits per heavy atom. The maximum atomic E-state index is 13.7. The Labute approximate surface area is 106 Å². The predicted octanol–water partition coefficient (Wildman–Crippen LogP) is 3.84. The van der Waals surface area contributed by atoms with Crippen LogP contribution in [0.15, 0.2) is 24.3 Å². The van der Waals surface area contributed by atoms with Gasteiger partial charge in [-0.3, -0.25) is 0 Å². The highest BCUT2D eigenvalue weighted by atomic mass is 35.5. The molecule has 0 unspecified atom stereocenters. The monoisotopic (exact) mass is 257 g/mol. The number of halogens is 2. The molecule has 2 N–H and O–H groups in total. The van der Waals surface area contributed by atoms with Gasteiger partial charge in [0.25, 0.3) is 0 Å².